The number of aliphatic hydroxyl groups excluding tert-OH is 2. The zero-order chi connectivity index (χ0) is 23.8. The van der Waals surface area contributed by atoms with Crippen LogP contribution in [0.15, 0.2) is 24.5 Å². The molecule has 0 amide bonds. The SMILES string of the molecule is CCC(C)n1nc(N2CC[C@@H](O)C2)c2cnc(Nc3ccnc(N4CC[C@H](O)[C@H](F)C4)n3)cc21. The first-order valence-corrected chi connectivity index (χ1v) is 11.9. The summed E-state index contributed by atoms with van der Waals surface area (Å²) >= 11 is 0. The Morgan fingerprint density at radius 1 is 1.15 bits per heavy atom. The van der Waals surface area contributed by atoms with Crippen LogP contribution in [0.4, 0.5) is 27.8 Å². The summed E-state index contributed by atoms with van der Waals surface area (Å²) in [5, 5.41) is 28.7. The van der Waals surface area contributed by atoms with E-state index in [2.05, 4.69) is 39.0 Å². The number of aliphatic hydroxyl groups is 2. The van der Waals surface area contributed by atoms with Crippen molar-refractivity contribution in [2.24, 2.45) is 0 Å². The largest absolute Gasteiger partial charge is 0.391 e. The number of nitrogens with zero attached hydrogens (tertiary/aromatic N) is 7. The summed E-state index contributed by atoms with van der Waals surface area (Å²) in [5.41, 5.74) is 0.961. The van der Waals surface area contributed by atoms with Crippen molar-refractivity contribution in [3.8, 4) is 0 Å². The molecule has 3 N–H and O–H groups in total. The van der Waals surface area contributed by atoms with Gasteiger partial charge < -0.3 is 25.3 Å². The minimum atomic E-state index is -1.32. The molecule has 2 aliphatic heterocycles. The van der Waals surface area contributed by atoms with Gasteiger partial charge in [0.2, 0.25) is 5.95 Å². The molecule has 0 aliphatic carbocycles. The zero-order valence-corrected chi connectivity index (χ0v) is 19.5. The molecule has 182 valence electrons. The number of aromatic nitrogens is 5. The number of hydrogen-bond acceptors (Lipinski definition) is 9. The molecule has 3 aromatic rings. The molecule has 11 heteroatoms. The van der Waals surface area contributed by atoms with Crippen LogP contribution < -0.4 is 15.1 Å². The van der Waals surface area contributed by atoms with E-state index in [1.807, 2.05) is 16.9 Å². The summed E-state index contributed by atoms with van der Waals surface area (Å²) in [6.07, 6.45) is 2.87. The molecule has 2 fully saturated rings. The maximum atomic E-state index is 14.0. The summed E-state index contributed by atoms with van der Waals surface area (Å²) in [6, 6.07) is 3.90. The first-order valence-electron chi connectivity index (χ1n) is 11.9. The highest BCUT2D eigenvalue weighted by Gasteiger charge is 2.29. The predicted molar refractivity (Wildman–Crippen MR) is 128 cm³/mol. The molecule has 34 heavy (non-hydrogen) atoms. The predicted octanol–water partition coefficient (Wildman–Crippen LogP) is 2.42. The van der Waals surface area contributed by atoms with E-state index in [9.17, 15) is 14.6 Å². The Balaban J connectivity index is 1.42. The first-order chi connectivity index (χ1) is 16.4. The molecule has 0 aromatic carbocycles. The van der Waals surface area contributed by atoms with E-state index < -0.39 is 12.3 Å². The Morgan fingerprint density at radius 3 is 2.71 bits per heavy atom. The molecule has 0 saturated carbocycles. The van der Waals surface area contributed by atoms with Crippen molar-refractivity contribution in [3.05, 3.63) is 24.5 Å². The topological polar surface area (TPSA) is 115 Å². The van der Waals surface area contributed by atoms with Crippen LogP contribution in [-0.4, -0.2) is 79.5 Å². The van der Waals surface area contributed by atoms with Crippen LogP contribution in [-0.2, 0) is 0 Å². The van der Waals surface area contributed by atoms with Gasteiger partial charge >= 0.3 is 0 Å². The van der Waals surface area contributed by atoms with Gasteiger partial charge in [0, 0.05) is 44.1 Å². The van der Waals surface area contributed by atoms with Gasteiger partial charge in [-0.3, -0.25) is 4.68 Å². The van der Waals surface area contributed by atoms with E-state index in [4.69, 9.17) is 5.10 Å². The number of rotatable bonds is 6. The number of hydrogen-bond donors (Lipinski definition) is 3. The average molecular weight is 471 g/mol. The molecular weight excluding hydrogens is 439 g/mol. The minimum absolute atomic E-state index is 0.0664. The van der Waals surface area contributed by atoms with Gasteiger partial charge in [0.05, 0.1) is 29.7 Å². The van der Waals surface area contributed by atoms with Crippen LogP contribution in [0.1, 0.15) is 39.2 Å². The molecule has 5 rings (SSSR count). The molecule has 4 atom stereocenters. The number of pyridine rings is 1. The maximum Gasteiger partial charge on any atom is 0.227 e. The smallest absolute Gasteiger partial charge is 0.227 e. The van der Waals surface area contributed by atoms with Gasteiger partial charge in [0.1, 0.15) is 17.8 Å². The Kier molecular flexibility index (Phi) is 6.22. The van der Waals surface area contributed by atoms with Crippen LogP contribution >= 0.6 is 0 Å². The molecule has 0 radical (unpaired) electrons. The molecule has 0 spiro atoms. The van der Waals surface area contributed by atoms with Gasteiger partial charge in [-0.2, -0.15) is 10.1 Å². The van der Waals surface area contributed by atoms with Crippen molar-refractivity contribution < 1.29 is 14.6 Å². The van der Waals surface area contributed by atoms with Crippen molar-refractivity contribution in [1.29, 1.82) is 0 Å². The summed E-state index contributed by atoms with van der Waals surface area (Å²) in [6.45, 7) is 6.16. The standard InChI is InChI=1S/C23H31FN8O2/c1-3-14(2)32-18-10-21(26-11-16(18)22(29-32)30-8-5-15(33)12-30)27-20-4-7-25-23(28-20)31-9-6-19(34)17(24)13-31/h4,7,10-11,14-15,17,19,33-34H,3,5-6,8-9,12-13H2,1-2H3,(H,25,26,27,28)/t14?,15-,17-,19+/m1/s1. The van der Waals surface area contributed by atoms with Crippen molar-refractivity contribution >= 4 is 34.3 Å². The summed E-state index contributed by atoms with van der Waals surface area (Å²) in [7, 11) is 0. The summed E-state index contributed by atoms with van der Waals surface area (Å²) in [4.78, 5) is 17.3. The molecule has 2 saturated heterocycles. The van der Waals surface area contributed by atoms with Crippen molar-refractivity contribution in [3.63, 3.8) is 0 Å². The van der Waals surface area contributed by atoms with E-state index >= 15 is 0 Å². The Morgan fingerprint density at radius 2 is 1.97 bits per heavy atom. The molecule has 5 heterocycles. The van der Waals surface area contributed by atoms with Gasteiger partial charge in [-0.1, -0.05) is 6.92 Å². The number of halogens is 1. The fourth-order valence-corrected chi connectivity index (χ4v) is 4.54. The Bertz CT molecular complexity index is 1160. The van der Waals surface area contributed by atoms with Crippen LogP contribution in [0.3, 0.4) is 0 Å². The second-order valence-electron chi connectivity index (χ2n) is 9.19. The Hall–Kier alpha value is -3.05. The van der Waals surface area contributed by atoms with Crippen LogP contribution in [0.5, 0.6) is 0 Å². The van der Waals surface area contributed by atoms with Crippen LogP contribution in [0.2, 0.25) is 0 Å². The third kappa shape index (κ3) is 4.37. The second kappa shape index (κ2) is 9.30. The minimum Gasteiger partial charge on any atom is -0.391 e. The van der Waals surface area contributed by atoms with Gasteiger partial charge in [-0.15, -0.1) is 0 Å². The van der Waals surface area contributed by atoms with E-state index in [-0.39, 0.29) is 18.7 Å². The first kappa shape index (κ1) is 22.7. The number of piperidine rings is 1. The fourth-order valence-electron chi connectivity index (χ4n) is 4.54. The van der Waals surface area contributed by atoms with Crippen LogP contribution in [0.25, 0.3) is 10.9 Å². The molecular formula is C23H31FN8O2. The highest BCUT2D eigenvalue weighted by atomic mass is 19.1. The van der Waals surface area contributed by atoms with Crippen LogP contribution in [0, 0.1) is 0 Å². The van der Waals surface area contributed by atoms with Gasteiger partial charge in [-0.25, -0.2) is 14.4 Å². The third-order valence-electron chi connectivity index (χ3n) is 6.73. The normalized spacial score (nSPS) is 24.1. The van der Waals surface area contributed by atoms with E-state index in [0.29, 0.717) is 37.1 Å². The van der Waals surface area contributed by atoms with Crippen molar-refractivity contribution in [2.45, 2.75) is 57.5 Å². The zero-order valence-electron chi connectivity index (χ0n) is 19.5. The Labute approximate surface area is 197 Å². The summed E-state index contributed by atoms with van der Waals surface area (Å²) < 4.78 is 16.0. The van der Waals surface area contributed by atoms with Gasteiger partial charge in [0.15, 0.2) is 5.82 Å². The third-order valence-corrected chi connectivity index (χ3v) is 6.73. The lowest BCUT2D eigenvalue weighted by Crippen LogP contribution is -2.45. The molecule has 2 aliphatic rings. The quantitative estimate of drug-likeness (QED) is 0.499. The highest BCUT2D eigenvalue weighted by Crippen LogP contribution is 2.32. The number of anilines is 4. The van der Waals surface area contributed by atoms with Crippen molar-refractivity contribution in [2.75, 3.05) is 41.3 Å². The monoisotopic (exact) mass is 470 g/mol. The molecule has 1 unspecified atom stereocenters. The fraction of sp³-hybridized carbons (Fsp3) is 0.565. The van der Waals surface area contributed by atoms with E-state index in [1.54, 1.807) is 17.2 Å². The van der Waals surface area contributed by atoms with E-state index in [1.165, 1.54) is 0 Å². The number of β-amino-alcohol motifs (C(OH)–C–C–N with tert-alkyl or cyclic N) is 1. The molecule has 10 nitrogen and oxygen atoms in total. The number of alkyl halides is 1. The molecule has 0 bridgehead atoms. The molecule has 3 aromatic heterocycles. The maximum absolute atomic E-state index is 14.0. The van der Waals surface area contributed by atoms with E-state index in [0.717, 1.165) is 36.1 Å². The number of nitrogens with one attached hydrogen (secondary N) is 1. The highest BCUT2D eigenvalue weighted by molar-refractivity contribution is 5.92. The average Bonchev–Trinajstić information content (AvgIpc) is 3.43. The lowest BCUT2D eigenvalue weighted by atomic mass is 10.1. The number of fused-ring (bicyclic) bond motifs is 1. The summed E-state index contributed by atoms with van der Waals surface area (Å²) in [5.74, 6) is 2.44. The van der Waals surface area contributed by atoms with Crippen molar-refractivity contribution in [1.82, 2.24) is 24.7 Å². The van der Waals surface area contributed by atoms with Gasteiger partial charge in [0.25, 0.3) is 0 Å². The second-order valence-corrected chi connectivity index (χ2v) is 9.19. The lowest BCUT2D eigenvalue weighted by molar-refractivity contribution is 0.0612. The van der Waals surface area contributed by atoms with Gasteiger partial charge in [-0.05, 0) is 32.3 Å². The lowest BCUT2D eigenvalue weighted by Gasteiger charge is -2.32.